The van der Waals surface area contributed by atoms with Gasteiger partial charge in [0.15, 0.2) is 5.69 Å². The molecule has 0 bridgehead atoms. The Morgan fingerprint density at radius 2 is 1.62 bits per heavy atom. The van der Waals surface area contributed by atoms with Crippen molar-refractivity contribution in [3.05, 3.63) is 77.6 Å². The van der Waals surface area contributed by atoms with Crippen LogP contribution in [0.2, 0.25) is 0 Å². The number of alkyl halides is 3. The fourth-order valence-corrected chi connectivity index (χ4v) is 3.75. The van der Waals surface area contributed by atoms with E-state index in [1.807, 2.05) is 30.3 Å². The van der Waals surface area contributed by atoms with Gasteiger partial charge in [-0.05, 0) is 17.7 Å². The Hall–Kier alpha value is -3.73. The summed E-state index contributed by atoms with van der Waals surface area (Å²) < 4.78 is 40.9. The van der Waals surface area contributed by atoms with Crippen LogP contribution in [0.3, 0.4) is 0 Å². The molecule has 2 aromatic carbocycles. The standard InChI is InChI=1S/C23H23F3N6O2/c24-23(25,26)18-8-4-5-9-19(18)27-21(33)16-30-10-12-31(13-11-30)22(34)20-15-32(29-28-20)14-17-6-2-1-3-7-17/h1-9,15H,10-14,16H2,(H,27,33). The van der Waals surface area contributed by atoms with Crippen LogP contribution >= 0.6 is 0 Å². The van der Waals surface area contributed by atoms with Crippen molar-refractivity contribution in [2.75, 3.05) is 38.0 Å². The van der Waals surface area contributed by atoms with Crippen LogP contribution in [0.15, 0.2) is 60.8 Å². The van der Waals surface area contributed by atoms with Crippen LogP contribution in [0, 0.1) is 0 Å². The summed E-state index contributed by atoms with van der Waals surface area (Å²) in [7, 11) is 0. The molecule has 0 spiro atoms. The van der Waals surface area contributed by atoms with Crippen LogP contribution in [0.25, 0.3) is 0 Å². The minimum atomic E-state index is -4.56. The molecule has 1 aliphatic rings. The quantitative estimate of drug-likeness (QED) is 0.597. The Balaban J connectivity index is 1.28. The summed E-state index contributed by atoms with van der Waals surface area (Å²) in [6.07, 6.45) is -2.95. The van der Waals surface area contributed by atoms with Crippen LogP contribution < -0.4 is 5.32 Å². The van der Waals surface area contributed by atoms with Gasteiger partial charge in [-0.1, -0.05) is 47.7 Å². The number of hydrogen-bond donors (Lipinski definition) is 1. The van der Waals surface area contributed by atoms with E-state index in [1.54, 1.807) is 20.7 Å². The van der Waals surface area contributed by atoms with Crippen LogP contribution in [-0.4, -0.2) is 69.3 Å². The third-order valence-electron chi connectivity index (χ3n) is 5.48. The molecule has 34 heavy (non-hydrogen) atoms. The first-order valence-electron chi connectivity index (χ1n) is 10.7. The van der Waals surface area contributed by atoms with E-state index in [0.717, 1.165) is 11.6 Å². The van der Waals surface area contributed by atoms with Gasteiger partial charge in [-0.2, -0.15) is 13.2 Å². The summed E-state index contributed by atoms with van der Waals surface area (Å²) in [5, 5.41) is 10.3. The SMILES string of the molecule is O=C(CN1CCN(C(=O)c2cn(Cc3ccccc3)nn2)CC1)Nc1ccccc1C(F)(F)F. The van der Waals surface area contributed by atoms with E-state index in [4.69, 9.17) is 0 Å². The molecule has 178 valence electrons. The highest BCUT2D eigenvalue weighted by molar-refractivity contribution is 5.93. The Kier molecular flexibility index (Phi) is 6.92. The maximum absolute atomic E-state index is 13.1. The number of carbonyl (C=O) groups excluding carboxylic acids is 2. The van der Waals surface area contributed by atoms with Gasteiger partial charge in [-0.3, -0.25) is 14.5 Å². The zero-order valence-corrected chi connectivity index (χ0v) is 18.2. The van der Waals surface area contributed by atoms with Gasteiger partial charge in [0.25, 0.3) is 5.91 Å². The van der Waals surface area contributed by atoms with E-state index in [0.29, 0.717) is 32.7 Å². The van der Waals surface area contributed by atoms with Crippen molar-refractivity contribution in [1.29, 1.82) is 0 Å². The predicted molar refractivity (Wildman–Crippen MR) is 118 cm³/mol. The number of aromatic nitrogens is 3. The number of benzene rings is 2. The first-order chi connectivity index (χ1) is 16.3. The van der Waals surface area contributed by atoms with Crippen molar-refractivity contribution in [2.45, 2.75) is 12.7 Å². The number of rotatable bonds is 6. The summed E-state index contributed by atoms with van der Waals surface area (Å²) in [6, 6.07) is 14.5. The molecule has 3 aromatic rings. The number of hydrogen-bond acceptors (Lipinski definition) is 5. The molecule has 1 N–H and O–H groups in total. The van der Waals surface area contributed by atoms with Crippen LogP contribution in [-0.2, 0) is 17.5 Å². The maximum atomic E-state index is 13.1. The molecular weight excluding hydrogens is 449 g/mol. The Morgan fingerprint density at radius 1 is 0.941 bits per heavy atom. The first kappa shape index (κ1) is 23.4. The fourth-order valence-electron chi connectivity index (χ4n) is 3.75. The van der Waals surface area contributed by atoms with E-state index >= 15 is 0 Å². The third-order valence-corrected chi connectivity index (χ3v) is 5.48. The van der Waals surface area contributed by atoms with Gasteiger partial charge in [0.2, 0.25) is 5.91 Å². The van der Waals surface area contributed by atoms with Crippen molar-refractivity contribution in [2.24, 2.45) is 0 Å². The number of halogens is 3. The average molecular weight is 472 g/mol. The molecule has 2 heterocycles. The average Bonchev–Trinajstić information content (AvgIpc) is 3.28. The minimum Gasteiger partial charge on any atom is -0.335 e. The minimum absolute atomic E-state index is 0.0680. The Bertz CT molecular complexity index is 1140. The third kappa shape index (κ3) is 5.79. The van der Waals surface area contributed by atoms with Gasteiger partial charge >= 0.3 is 6.18 Å². The van der Waals surface area contributed by atoms with E-state index in [-0.39, 0.29) is 23.8 Å². The van der Waals surface area contributed by atoms with Crippen LogP contribution in [0.4, 0.5) is 18.9 Å². The number of anilines is 1. The molecular formula is C23H23F3N6O2. The summed E-state index contributed by atoms with van der Waals surface area (Å²) in [5.41, 5.74) is 0.119. The molecule has 2 amide bonds. The Labute approximate surface area is 194 Å². The lowest BCUT2D eigenvalue weighted by atomic mass is 10.1. The molecule has 1 fully saturated rings. The number of piperazine rings is 1. The highest BCUT2D eigenvalue weighted by atomic mass is 19.4. The largest absolute Gasteiger partial charge is 0.418 e. The molecule has 1 aliphatic heterocycles. The van der Waals surface area contributed by atoms with Crippen molar-refractivity contribution in [3.63, 3.8) is 0 Å². The summed E-state index contributed by atoms with van der Waals surface area (Å²) >= 11 is 0. The number of para-hydroxylation sites is 1. The van der Waals surface area contributed by atoms with Gasteiger partial charge in [-0.25, -0.2) is 4.68 Å². The van der Waals surface area contributed by atoms with Crippen LogP contribution in [0.1, 0.15) is 21.6 Å². The van der Waals surface area contributed by atoms with E-state index in [2.05, 4.69) is 15.6 Å². The second kappa shape index (κ2) is 10.0. The zero-order valence-electron chi connectivity index (χ0n) is 18.2. The number of nitrogens with one attached hydrogen (secondary N) is 1. The molecule has 0 saturated carbocycles. The summed E-state index contributed by atoms with van der Waals surface area (Å²) in [5.74, 6) is -0.789. The fraction of sp³-hybridized carbons (Fsp3) is 0.304. The molecule has 0 aliphatic carbocycles. The second-order valence-electron chi connectivity index (χ2n) is 7.95. The van der Waals surface area contributed by atoms with Gasteiger partial charge in [0, 0.05) is 26.2 Å². The van der Waals surface area contributed by atoms with Crippen molar-refractivity contribution >= 4 is 17.5 Å². The number of carbonyl (C=O) groups is 2. The van der Waals surface area contributed by atoms with Gasteiger partial charge in [0.1, 0.15) is 0 Å². The van der Waals surface area contributed by atoms with E-state index in [9.17, 15) is 22.8 Å². The second-order valence-corrected chi connectivity index (χ2v) is 7.95. The molecule has 1 saturated heterocycles. The van der Waals surface area contributed by atoms with Crippen molar-refractivity contribution in [1.82, 2.24) is 24.8 Å². The lowest BCUT2D eigenvalue weighted by Gasteiger charge is -2.33. The molecule has 0 atom stereocenters. The smallest absolute Gasteiger partial charge is 0.335 e. The van der Waals surface area contributed by atoms with E-state index in [1.165, 1.54) is 18.2 Å². The molecule has 8 nitrogen and oxygen atoms in total. The van der Waals surface area contributed by atoms with Crippen molar-refractivity contribution in [3.8, 4) is 0 Å². The molecule has 4 rings (SSSR count). The highest BCUT2D eigenvalue weighted by Crippen LogP contribution is 2.34. The Morgan fingerprint density at radius 3 is 2.32 bits per heavy atom. The van der Waals surface area contributed by atoms with E-state index < -0.39 is 17.6 Å². The maximum Gasteiger partial charge on any atom is 0.418 e. The van der Waals surface area contributed by atoms with Gasteiger partial charge < -0.3 is 10.2 Å². The number of nitrogens with zero attached hydrogens (tertiary/aromatic N) is 5. The molecule has 0 unspecified atom stereocenters. The zero-order chi connectivity index (χ0) is 24.1. The monoisotopic (exact) mass is 472 g/mol. The van der Waals surface area contributed by atoms with Crippen LogP contribution in [0.5, 0.6) is 0 Å². The predicted octanol–water partition coefficient (Wildman–Crippen LogP) is 2.74. The highest BCUT2D eigenvalue weighted by Gasteiger charge is 2.33. The topological polar surface area (TPSA) is 83.4 Å². The molecule has 1 aromatic heterocycles. The summed E-state index contributed by atoms with van der Waals surface area (Å²) in [6.45, 7) is 2.01. The molecule has 0 radical (unpaired) electrons. The van der Waals surface area contributed by atoms with Crippen molar-refractivity contribution < 1.29 is 22.8 Å². The first-order valence-corrected chi connectivity index (χ1v) is 10.7. The normalized spacial score (nSPS) is 14.7. The number of amides is 2. The van der Waals surface area contributed by atoms with Gasteiger partial charge in [-0.15, -0.1) is 5.10 Å². The lowest BCUT2D eigenvalue weighted by molar-refractivity contribution is -0.137. The molecule has 11 heteroatoms. The van der Waals surface area contributed by atoms with Gasteiger partial charge in [0.05, 0.1) is 30.5 Å². The summed E-state index contributed by atoms with van der Waals surface area (Å²) in [4.78, 5) is 28.5. The lowest BCUT2D eigenvalue weighted by Crippen LogP contribution is -2.50.